The molecule has 1 saturated carbocycles. The molecule has 130 valence electrons. The molecule has 2 atom stereocenters. The minimum Gasteiger partial charge on any atom is -0.347 e. The molecule has 0 radical (unpaired) electrons. The maximum Gasteiger partial charge on any atom is 0.269 e. The van der Waals surface area contributed by atoms with Gasteiger partial charge >= 0.3 is 0 Å². The van der Waals surface area contributed by atoms with Crippen molar-refractivity contribution in [3.8, 4) is 11.3 Å². The van der Waals surface area contributed by atoms with Gasteiger partial charge in [-0.2, -0.15) is 22.0 Å². The van der Waals surface area contributed by atoms with Gasteiger partial charge < -0.3 is 5.32 Å². The number of hydrogen-bond donors (Lipinski definition) is 2. The Balaban J connectivity index is 1.74. The molecule has 0 unspecified atom stereocenters. The van der Waals surface area contributed by atoms with Gasteiger partial charge in [0.25, 0.3) is 5.91 Å². The summed E-state index contributed by atoms with van der Waals surface area (Å²) in [7, 11) is 1.91. The van der Waals surface area contributed by atoms with Crippen molar-refractivity contribution < 1.29 is 4.79 Å². The van der Waals surface area contributed by atoms with Crippen LogP contribution in [0, 0.1) is 13.8 Å². The van der Waals surface area contributed by atoms with Crippen LogP contribution in [0.25, 0.3) is 11.3 Å². The number of carbonyl (C=O) groups excluding carboxylic acids is 1. The van der Waals surface area contributed by atoms with Gasteiger partial charge in [-0.25, -0.2) is 0 Å². The van der Waals surface area contributed by atoms with E-state index < -0.39 is 0 Å². The van der Waals surface area contributed by atoms with Gasteiger partial charge in [-0.15, -0.1) is 0 Å². The highest BCUT2D eigenvalue weighted by atomic mass is 32.2. The molecule has 2 heterocycles. The standard InChI is InChI=1S/C17H25N5OS/c1-5-24-15-8-6-7-12(15)18-17(23)14-9-13(19-20-14)16-10(2)21-22(4)11(16)3/h9,12,15H,5-8H2,1-4H3,(H,18,23)(H,19,20)/t12-,15-/m1/s1. The first-order valence-electron chi connectivity index (χ1n) is 8.49. The summed E-state index contributed by atoms with van der Waals surface area (Å²) in [5.41, 5.74) is 4.24. The van der Waals surface area contributed by atoms with E-state index in [1.165, 1.54) is 12.8 Å². The Labute approximate surface area is 146 Å². The number of nitrogens with one attached hydrogen (secondary N) is 2. The van der Waals surface area contributed by atoms with Gasteiger partial charge in [-0.05, 0) is 38.5 Å². The van der Waals surface area contributed by atoms with Crippen LogP contribution in [-0.4, -0.2) is 42.9 Å². The fourth-order valence-corrected chi connectivity index (χ4v) is 4.66. The summed E-state index contributed by atoms with van der Waals surface area (Å²) in [6.45, 7) is 6.14. The van der Waals surface area contributed by atoms with Crippen LogP contribution in [-0.2, 0) is 7.05 Å². The Morgan fingerprint density at radius 2 is 2.25 bits per heavy atom. The first-order valence-corrected chi connectivity index (χ1v) is 9.54. The molecule has 1 aliphatic rings. The van der Waals surface area contributed by atoms with Crippen LogP contribution < -0.4 is 5.32 Å². The zero-order chi connectivity index (χ0) is 17.3. The van der Waals surface area contributed by atoms with Gasteiger partial charge in [0.05, 0.1) is 11.4 Å². The van der Waals surface area contributed by atoms with E-state index in [-0.39, 0.29) is 11.9 Å². The zero-order valence-corrected chi connectivity index (χ0v) is 15.5. The lowest BCUT2D eigenvalue weighted by Gasteiger charge is -2.19. The highest BCUT2D eigenvalue weighted by molar-refractivity contribution is 7.99. The Morgan fingerprint density at radius 3 is 2.92 bits per heavy atom. The Kier molecular flexibility index (Phi) is 4.99. The number of aromatic amines is 1. The molecule has 6 nitrogen and oxygen atoms in total. The Morgan fingerprint density at radius 1 is 1.46 bits per heavy atom. The average Bonchev–Trinajstić information content (AvgIpc) is 3.22. The fraction of sp³-hybridized carbons (Fsp3) is 0.588. The molecule has 2 N–H and O–H groups in total. The van der Waals surface area contributed by atoms with Crippen LogP contribution in [0.5, 0.6) is 0 Å². The van der Waals surface area contributed by atoms with Crippen molar-refractivity contribution in [3.63, 3.8) is 0 Å². The van der Waals surface area contributed by atoms with E-state index in [9.17, 15) is 4.79 Å². The van der Waals surface area contributed by atoms with Gasteiger partial charge in [0.15, 0.2) is 0 Å². The van der Waals surface area contributed by atoms with Crippen LogP contribution in [0.15, 0.2) is 6.07 Å². The van der Waals surface area contributed by atoms with E-state index in [4.69, 9.17) is 0 Å². The summed E-state index contributed by atoms with van der Waals surface area (Å²) in [5.74, 6) is 1.02. The molecule has 1 amide bonds. The third kappa shape index (κ3) is 3.22. The second-order valence-corrected chi connectivity index (χ2v) is 7.86. The SMILES string of the molecule is CCS[C@@H]1CCC[C@H]1NC(=O)c1cc(-c2c(C)nn(C)c2C)n[nH]1. The van der Waals surface area contributed by atoms with Crippen molar-refractivity contribution in [2.24, 2.45) is 7.05 Å². The van der Waals surface area contributed by atoms with Crippen LogP contribution >= 0.6 is 11.8 Å². The number of nitrogens with zero attached hydrogens (tertiary/aromatic N) is 3. The third-order valence-corrected chi connectivity index (χ3v) is 6.06. The topological polar surface area (TPSA) is 75.6 Å². The monoisotopic (exact) mass is 347 g/mol. The lowest BCUT2D eigenvalue weighted by molar-refractivity contribution is 0.0933. The molecule has 7 heteroatoms. The van der Waals surface area contributed by atoms with E-state index >= 15 is 0 Å². The number of aromatic nitrogens is 4. The molecule has 0 bridgehead atoms. The first kappa shape index (κ1) is 17.1. The van der Waals surface area contributed by atoms with Crippen LogP contribution in [0.1, 0.15) is 48.1 Å². The normalized spacial score (nSPS) is 20.5. The number of hydrogen-bond acceptors (Lipinski definition) is 4. The highest BCUT2D eigenvalue weighted by Crippen LogP contribution is 2.30. The van der Waals surface area contributed by atoms with Crippen LogP contribution in [0.2, 0.25) is 0 Å². The number of thioether (sulfide) groups is 1. The van der Waals surface area contributed by atoms with Crippen molar-refractivity contribution in [1.29, 1.82) is 0 Å². The largest absolute Gasteiger partial charge is 0.347 e. The lowest BCUT2D eigenvalue weighted by atomic mass is 10.1. The van der Waals surface area contributed by atoms with Crippen LogP contribution in [0.3, 0.4) is 0 Å². The van der Waals surface area contributed by atoms with Crippen molar-refractivity contribution >= 4 is 17.7 Å². The van der Waals surface area contributed by atoms with Crippen LogP contribution in [0.4, 0.5) is 0 Å². The maximum atomic E-state index is 12.6. The van der Waals surface area contributed by atoms with Gasteiger partial charge in [-0.3, -0.25) is 14.6 Å². The second-order valence-electron chi connectivity index (χ2n) is 6.34. The summed E-state index contributed by atoms with van der Waals surface area (Å²) >= 11 is 1.94. The van der Waals surface area contributed by atoms with E-state index in [0.29, 0.717) is 10.9 Å². The minimum atomic E-state index is -0.0680. The molecule has 0 saturated heterocycles. The van der Waals surface area contributed by atoms with Gasteiger partial charge in [0.2, 0.25) is 0 Å². The Hall–Kier alpha value is -1.76. The molecule has 0 aromatic carbocycles. The second kappa shape index (κ2) is 7.01. The molecular formula is C17H25N5OS. The molecule has 24 heavy (non-hydrogen) atoms. The van der Waals surface area contributed by atoms with Gasteiger partial charge in [0, 0.05) is 29.6 Å². The van der Waals surface area contributed by atoms with Crippen molar-refractivity contribution in [3.05, 3.63) is 23.1 Å². The summed E-state index contributed by atoms with van der Waals surface area (Å²) in [4.78, 5) is 12.6. The summed E-state index contributed by atoms with van der Waals surface area (Å²) in [6.07, 6.45) is 3.43. The molecule has 2 aromatic heterocycles. The van der Waals surface area contributed by atoms with Crippen molar-refractivity contribution in [1.82, 2.24) is 25.3 Å². The highest BCUT2D eigenvalue weighted by Gasteiger charge is 2.29. The smallest absolute Gasteiger partial charge is 0.269 e. The van der Waals surface area contributed by atoms with E-state index in [1.54, 1.807) is 0 Å². The zero-order valence-electron chi connectivity index (χ0n) is 14.7. The predicted molar refractivity (Wildman–Crippen MR) is 97.3 cm³/mol. The van der Waals surface area contributed by atoms with Crippen molar-refractivity contribution in [2.75, 3.05) is 5.75 Å². The van der Waals surface area contributed by atoms with E-state index in [0.717, 1.165) is 34.8 Å². The van der Waals surface area contributed by atoms with E-state index in [1.807, 2.05) is 43.4 Å². The van der Waals surface area contributed by atoms with Gasteiger partial charge in [0.1, 0.15) is 5.69 Å². The molecule has 0 spiro atoms. The number of carbonyl (C=O) groups is 1. The minimum absolute atomic E-state index is 0.0680. The quantitative estimate of drug-likeness (QED) is 0.872. The number of H-pyrrole nitrogens is 1. The Bertz CT molecular complexity index is 735. The molecule has 1 fully saturated rings. The molecule has 2 aromatic rings. The van der Waals surface area contributed by atoms with E-state index in [2.05, 4.69) is 27.5 Å². The molecule has 1 aliphatic carbocycles. The first-order chi connectivity index (χ1) is 11.5. The van der Waals surface area contributed by atoms with Crippen molar-refractivity contribution in [2.45, 2.75) is 51.3 Å². The fourth-order valence-electron chi connectivity index (χ4n) is 3.46. The predicted octanol–water partition coefficient (Wildman–Crippen LogP) is 2.83. The lowest BCUT2D eigenvalue weighted by Crippen LogP contribution is -2.39. The molecular weight excluding hydrogens is 322 g/mol. The third-order valence-electron chi connectivity index (χ3n) is 4.74. The molecule has 0 aliphatic heterocycles. The number of amides is 1. The molecule has 3 rings (SSSR count). The van der Waals surface area contributed by atoms with Gasteiger partial charge in [-0.1, -0.05) is 13.3 Å². The summed E-state index contributed by atoms with van der Waals surface area (Å²) in [5, 5.41) is 15.3. The maximum absolute atomic E-state index is 12.6. The summed E-state index contributed by atoms with van der Waals surface area (Å²) < 4.78 is 1.84. The number of rotatable bonds is 5. The average molecular weight is 347 g/mol. The summed E-state index contributed by atoms with van der Waals surface area (Å²) in [6, 6.07) is 2.08. The number of aryl methyl sites for hydroxylation is 2.